The Labute approximate surface area is 93.1 Å². The number of carboxylic acid groups (broad SMARTS) is 1. The number of aliphatic carboxylic acids is 1. The number of hydrogen-bond acceptors (Lipinski definition) is 1. The van der Waals surface area contributed by atoms with Crippen molar-refractivity contribution in [3.8, 4) is 0 Å². The van der Waals surface area contributed by atoms with Gasteiger partial charge < -0.3 is 5.11 Å². The van der Waals surface area contributed by atoms with Crippen molar-refractivity contribution in [1.29, 1.82) is 0 Å². The maximum atomic E-state index is 10.9. The summed E-state index contributed by atoms with van der Waals surface area (Å²) in [6.07, 6.45) is 8.63. The second-order valence-corrected chi connectivity index (χ2v) is 5.05. The predicted octanol–water partition coefficient (Wildman–Crippen LogP) is 3.70. The van der Waals surface area contributed by atoms with E-state index in [9.17, 15) is 4.79 Å². The normalized spacial score (nSPS) is 29.5. The quantitative estimate of drug-likeness (QED) is 0.721. The monoisotopic (exact) mass is 212 g/mol. The van der Waals surface area contributed by atoms with Crippen molar-refractivity contribution in [3.63, 3.8) is 0 Å². The fourth-order valence-corrected chi connectivity index (χ4v) is 2.81. The molecule has 1 saturated carbocycles. The third-order valence-electron chi connectivity index (χ3n) is 3.93. The minimum atomic E-state index is -0.617. The lowest BCUT2D eigenvalue weighted by molar-refractivity contribution is -0.143. The van der Waals surface area contributed by atoms with Crippen molar-refractivity contribution < 1.29 is 9.90 Å². The Kier molecular flexibility index (Phi) is 5.13. The van der Waals surface area contributed by atoms with Crippen molar-refractivity contribution >= 4 is 5.97 Å². The molecular weight excluding hydrogens is 188 g/mol. The molecule has 0 radical (unpaired) electrons. The SMILES string of the molecule is CCCC1CCCC(C(C)C(=O)O)CC1. The topological polar surface area (TPSA) is 37.3 Å². The fourth-order valence-electron chi connectivity index (χ4n) is 2.81. The number of rotatable bonds is 4. The van der Waals surface area contributed by atoms with Crippen molar-refractivity contribution in [2.24, 2.45) is 17.8 Å². The summed E-state index contributed by atoms with van der Waals surface area (Å²) < 4.78 is 0. The molecule has 1 aliphatic rings. The van der Waals surface area contributed by atoms with Crippen LogP contribution in [0.3, 0.4) is 0 Å². The molecule has 88 valence electrons. The standard InChI is InChI=1S/C13H24O2/c1-3-5-11-6-4-7-12(9-8-11)10(2)13(14)15/h10-12H,3-9H2,1-2H3,(H,14,15). The Morgan fingerprint density at radius 3 is 2.67 bits per heavy atom. The molecular formula is C13H24O2. The van der Waals surface area contributed by atoms with E-state index in [0.29, 0.717) is 5.92 Å². The Balaban J connectivity index is 2.41. The molecule has 0 aromatic rings. The van der Waals surface area contributed by atoms with Crippen LogP contribution in [0.1, 0.15) is 58.8 Å². The van der Waals surface area contributed by atoms with Gasteiger partial charge in [0.1, 0.15) is 0 Å². The summed E-state index contributed by atoms with van der Waals surface area (Å²) in [6.45, 7) is 4.11. The zero-order chi connectivity index (χ0) is 11.3. The highest BCUT2D eigenvalue weighted by molar-refractivity contribution is 5.69. The molecule has 0 amide bonds. The Morgan fingerprint density at radius 1 is 1.33 bits per heavy atom. The molecule has 2 nitrogen and oxygen atoms in total. The minimum Gasteiger partial charge on any atom is -0.481 e. The highest BCUT2D eigenvalue weighted by Gasteiger charge is 2.26. The van der Waals surface area contributed by atoms with E-state index < -0.39 is 5.97 Å². The molecule has 2 heteroatoms. The van der Waals surface area contributed by atoms with Crippen LogP contribution in [0.5, 0.6) is 0 Å². The predicted molar refractivity (Wildman–Crippen MR) is 61.8 cm³/mol. The largest absolute Gasteiger partial charge is 0.481 e. The van der Waals surface area contributed by atoms with Crippen molar-refractivity contribution in [2.45, 2.75) is 58.8 Å². The van der Waals surface area contributed by atoms with Gasteiger partial charge in [-0.05, 0) is 24.7 Å². The summed E-state index contributed by atoms with van der Waals surface area (Å²) in [5.41, 5.74) is 0. The molecule has 1 aliphatic carbocycles. The van der Waals surface area contributed by atoms with Gasteiger partial charge in [0, 0.05) is 0 Å². The average molecular weight is 212 g/mol. The molecule has 0 aromatic heterocycles. The Hall–Kier alpha value is -0.530. The van der Waals surface area contributed by atoms with Gasteiger partial charge in [-0.15, -0.1) is 0 Å². The molecule has 0 aromatic carbocycles. The average Bonchev–Trinajstić information content (AvgIpc) is 2.43. The van der Waals surface area contributed by atoms with Gasteiger partial charge in [0.15, 0.2) is 0 Å². The van der Waals surface area contributed by atoms with Crippen LogP contribution in [0.2, 0.25) is 0 Å². The summed E-state index contributed by atoms with van der Waals surface area (Å²) in [5.74, 6) is 0.518. The third kappa shape index (κ3) is 3.84. The first-order valence-corrected chi connectivity index (χ1v) is 6.38. The molecule has 1 N–H and O–H groups in total. The summed E-state index contributed by atoms with van der Waals surface area (Å²) in [4.78, 5) is 10.9. The maximum absolute atomic E-state index is 10.9. The van der Waals surface area contributed by atoms with Crippen LogP contribution in [0.4, 0.5) is 0 Å². The van der Waals surface area contributed by atoms with Crippen LogP contribution in [0.15, 0.2) is 0 Å². The smallest absolute Gasteiger partial charge is 0.306 e. The van der Waals surface area contributed by atoms with E-state index in [2.05, 4.69) is 6.92 Å². The second-order valence-electron chi connectivity index (χ2n) is 5.05. The molecule has 3 unspecified atom stereocenters. The first-order valence-electron chi connectivity index (χ1n) is 6.38. The van der Waals surface area contributed by atoms with Crippen LogP contribution in [-0.4, -0.2) is 11.1 Å². The van der Waals surface area contributed by atoms with Crippen LogP contribution in [0.25, 0.3) is 0 Å². The summed E-state index contributed by atoms with van der Waals surface area (Å²) in [6, 6.07) is 0. The van der Waals surface area contributed by atoms with Gasteiger partial charge in [-0.1, -0.05) is 46.0 Å². The maximum Gasteiger partial charge on any atom is 0.306 e. The van der Waals surface area contributed by atoms with Gasteiger partial charge >= 0.3 is 5.97 Å². The van der Waals surface area contributed by atoms with Gasteiger partial charge in [0.2, 0.25) is 0 Å². The van der Waals surface area contributed by atoms with Gasteiger partial charge in [-0.3, -0.25) is 4.79 Å². The number of hydrogen-bond donors (Lipinski definition) is 1. The van der Waals surface area contributed by atoms with Crippen molar-refractivity contribution in [2.75, 3.05) is 0 Å². The lowest BCUT2D eigenvalue weighted by atomic mass is 9.87. The van der Waals surface area contributed by atoms with Gasteiger partial charge in [-0.2, -0.15) is 0 Å². The van der Waals surface area contributed by atoms with E-state index in [1.165, 1.54) is 32.1 Å². The minimum absolute atomic E-state index is 0.148. The van der Waals surface area contributed by atoms with Crippen molar-refractivity contribution in [3.05, 3.63) is 0 Å². The lowest BCUT2D eigenvalue weighted by Crippen LogP contribution is -2.20. The fraction of sp³-hybridized carbons (Fsp3) is 0.923. The van der Waals surface area contributed by atoms with Gasteiger partial charge in [0.05, 0.1) is 5.92 Å². The number of carbonyl (C=O) groups is 1. The lowest BCUT2D eigenvalue weighted by Gasteiger charge is -2.18. The molecule has 1 rings (SSSR count). The van der Waals surface area contributed by atoms with Gasteiger partial charge in [0.25, 0.3) is 0 Å². The van der Waals surface area contributed by atoms with E-state index in [-0.39, 0.29) is 5.92 Å². The van der Waals surface area contributed by atoms with Crippen LogP contribution in [0, 0.1) is 17.8 Å². The highest BCUT2D eigenvalue weighted by Crippen LogP contribution is 2.33. The molecule has 0 bridgehead atoms. The van der Waals surface area contributed by atoms with Crippen LogP contribution in [-0.2, 0) is 4.79 Å². The zero-order valence-corrected chi connectivity index (χ0v) is 10.0. The Bertz CT molecular complexity index is 201. The van der Waals surface area contributed by atoms with E-state index in [0.717, 1.165) is 18.8 Å². The summed E-state index contributed by atoms with van der Waals surface area (Å²) in [5, 5.41) is 9.00. The molecule has 3 atom stereocenters. The summed E-state index contributed by atoms with van der Waals surface area (Å²) >= 11 is 0. The zero-order valence-electron chi connectivity index (χ0n) is 10.0. The first kappa shape index (κ1) is 12.5. The van der Waals surface area contributed by atoms with Gasteiger partial charge in [-0.25, -0.2) is 0 Å². The van der Waals surface area contributed by atoms with Crippen molar-refractivity contribution in [1.82, 2.24) is 0 Å². The van der Waals surface area contributed by atoms with E-state index in [1.807, 2.05) is 6.92 Å². The summed E-state index contributed by atoms with van der Waals surface area (Å²) in [7, 11) is 0. The molecule has 0 heterocycles. The molecule has 0 saturated heterocycles. The second kappa shape index (κ2) is 6.14. The van der Waals surface area contributed by atoms with Crippen LogP contribution >= 0.6 is 0 Å². The third-order valence-corrected chi connectivity index (χ3v) is 3.93. The molecule has 1 fully saturated rings. The molecule has 0 aliphatic heterocycles. The van der Waals surface area contributed by atoms with Crippen LogP contribution < -0.4 is 0 Å². The van der Waals surface area contributed by atoms with E-state index in [1.54, 1.807) is 0 Å². The Morgan fingerprint density at radius 2 is 2.07 bits per heavy atom. The first-order chi connectivity index (χ1) is 7.15. The molecule has 15 heavy (non-hydrogen) atoms. The number of carboxylic acids is 1. The highest BCUT2D eigenvalue weighted by atomic mass is 16.4. The van der Waals surface area contributed by atoms with E-state index in [4.69, 9.17) is 5.11 Å². The van der Waals surface area contributed by atoms with E-state index >= 15 is 0 Å². The molecule has 0 spiro atoms.